The second-order valence-corrected chi connectivity index (χ2v) is 5.61. The van der Waals surface area contributed by atoms with Crippen molar-refractivity contribution in [3.63, 3.8) is 0 Å². The summed E-state index contributed by atoms with van der Waals surface area (Å²) in [4.78, 5) is 0. The number of fused-ring (bicyclic) bond motifs is 3. The number of benzene rings is 4. The molecular formula is C20H13Cl. The Morgan fingerprint density at radius 3 is 2.19 bits per heavy atom. The summed E-state index contributed by atoms with van der Waals surface area (Å²) in [5.41, 5.74) is 2.48. The van der Waals surface area contributed by atoms with Crippen LogP contribution in [-0.4, -0.2) is 0 Å². The Labute approximate surface area is 128 Å². The molecule has 0 radical (unpaired) electrons. The molecule has 0 fully saturated rings. The van der Waals surface area contributed by atoms with Crippen LogP contribution in [0.3, 0.4) is 0 Å². The van der Waals surface area contributed by atoms with Gasteiger partial charge in [0.15, 0.2) is 0 Å². The maximum atomic E-state index is 6.28. The standard InChI is InChI=1S/C20H13Cl/c21-20-8-4-7-18-17-11-9-15(14-5-2-1-3-6-14)13-16(17)10-12-19(18)20/h1-13H. The Morgan fingerprint density at radius 1 is 0.524 bits per heavy atom. The van der Waals surface area contributed by atoms with Gasteiger partial charge >= 0.3 is 0 Å². The highest BCUT2D eigenvalue weighted by Gasteiger charge is 2.05. The van der Waals surface area contributed by atoms with E-state index in [0.29, 0.717) is 0 Å². The number of halogens is 1. The van der Waals surface area contributed by atoms with Crippen molar-refractivity contribution < 1.29 is 0 Å². The van der Waals surface area contributed by atoms with E-state index in [9.17, 15) is 0 Å². The largest absolute Gasteiger partial charge is 0.0837 e. The quantitative estimate of drug-likeness (QED) is 0.360. The van der Waals surface area contributed by atoms with Gasteiger partial charge in [-0.3, -0.25) is 0 Å². The molecule has 4 aromatic carbocycles. The van der Waals surface area contributed by atoms with Gasteiger partial charge in [-0.05, 0) is 39.4 Å². The lowest BCUT2D eigenvalue weighted by Gasteiger charge is -2.08. The first-order valence-corrected chi connectivity index (χ1v) is 7.37. The smallest absolute Gasteiger partial charge is 0.0484 e. The Balaban J connectivity index is 2.00. The van der Waals surface area contributed by atoms with Gasteiger partial charge in [-0.2, -0.15) is 0 Å². The Hall–Kier alpha value is -2.31. The highest BCUT2D eigenvalue weighted by atomic mass is 35.5. The molecule has 0 aliphatic carbocycles. The molecular weight excluding hydrogens is 276 g/mol. The average molecular weight is 289 g/mol. The van der Waals surface area contributed by atoms with Crippen molar-refractivity contribution in [3.8, 4) is 11.1 Å². The minimum absolute atomic E-state index is 0.807. The fourth-order valence-electron chi connectivity index (χ4n) is 2.87. The number of rotatable bonds is 1. The van der Waals surface area contributed by atoms with E-state index in [1.807, 2.05) is 18.2 Å². The lowest BCUT2D eigenvalue weighted by Crippen LogP contribution is -1.81. The van der Waals surface area contributed by atoms with Crippen molar-refractivity contribution in [2.75, 3.05) is 0 Å². The molecule has 0 aromatic heterocycles. The summed E-state index contributed by atoms with van der Waals surface area (Å²) in [5, 5.41) is 5.61. The van der Waals surface area contributed by atoms with E-state index >= 15 is 0 Å². The van der Waals surface area contributed by atoms with Crippen LogP contribution in [0.1, 0.15) is 0 Å². The SMILES string of the molecule is Clc1cccc2c1ccc1cc(-c3ccccc3)ccc12. The van der Waals surface area contributed by atoms with Gasteiger partial charge < -0.3 is 0 Å². The zero-order valence-electron chi connectivity index (χ0n) is 11.4. The van der Waals surface area contributed by atoms with Crippen LogP contribution >= 0.6 is 11.6 Å². The van der Waals surface area contributed by atoms with Crippen LogP contribution in [0.5, 0.6) is 0 Å². The normalized spacial score (nSPS) is 11.1. The zero-order chi connectivity index (χ0) is 14.2. The van der Waals surface area contributed by atoms with Crippen molar-refractivity contribution in [1.82, 2.24) is 0 Å². The van der Waals surface area contributed by atoms with Gasteiger partial charge in [0.25, 0.3) is 0 Å². The summed E-state index contributed by atoms with van der Waals surface area (Å²) in [6.07, 6.45) is 0. The monoisotopic (exact) mass is 288 g/mol. The third-order valence-electron chi connectivity index (χ3n) is 3.93. The van der Waals surface area contributed by atoms with E-state index in [1.54, 1.807) is 0 Å². The van der Waals surface area contributed by atoms with Crippen LogP contribution in [0.25, 0.3) is 32.7 Å². The van der Waals surface area contributed by atoms with Crippen LogP contribution < -0.4 is 0 Å². The van der Waals surface area contributed by atoms with E-state index in [2.05, 4.69) is 60.7 Å². The first-order chi connectivity index (χ1) is 10.3. The molecule has 4 rings (SSSR count). The van der Waals surface area contributed by atoms with Gasteiger partial charge in [0.05, 0.1) is 0 Å². The Bertz CT molecular complexity index is 940. The molecule has 21 heavy (non-hydrogen) atoms. The zero-order valence-corrected chi connectivity index (χ0v) is 12.1. The molecule has 0 bridgehead atoms. The number of hydrogen-bond acceptors (Lipinski definition) is 0. The summed E-state index contributed by atoms with van der Waals surface area (Å²) in [6.45, 7) is 0. The third kappa shape index (κ3) is 2.09. The van der Waals surface area contributed by atoms with Gasteiger partial charge in [-0.1, -0.05) is 78.3 Å². The lowest BCUT2D eigenvalue weighted by molar-refractivity contribution is 1.65. The van der Waals surface area contributed by atoms with Crippen LogP contribution in [0.15, 0.2) is 78.9 Å². The molecule has 0 heterocycles. The molecule has 0 saturated carbocycles. The molecule has 0 aliphatic heterocycles. The van der Waals surface area contributed by atoms with Crippen LogP contribution in [0.2, 0.25) is 5.02 Å². The van der Waals surface area contributed by atoms with Crippen molar-refractivity contribution in [2.45, 2.75) is 0 Å². The maximum Gasteiger partial charge on any atom is 0.0484 e. The highest BCUT2D eigenvalue weighted by Crippen LogP contribution is 2.32. The van der Waals surface area contributed by atoms with Crippen LogP contribution in [0.4, 0.5) is 0 Å². The lowest BCUT2D eigenvalue weighted by atomic mass is 9.97. The van der Waals surface area contributed by atoms with Crippen molar-refractivity contribution in [2.24, 2.45) is 0 Å². The maximum absolute atomic E-state index is 6.28. The summed E-state index contributed by atoms with van der Waals surface area (Å²) >= 11 is 6.28. The molecule has 0 amide bonds. The molecule has 1 heteroatoms. The predicted octanol–water partition coefficient (Wildman–Crippen LogP) is 6.31. The molecule has 0 unspecified atom stereocenters. The van der Waals surface area contributed by atoms with Gasteiger partial charge in [-0.15, -0.1) is 0 Å². The fourth-order valence-corrected chi connectivity index (χ4v) is 3.11. The van der Waals surface area contributed by atoms with E-state index in [1.165, 1.54) is 27.3 Å². The molecule has 0 nitrogen and oxygen atoms in total. The van der Waals surface area contributed by atoms with Crippen LogP contribution in [-0.2, 0) is 0 Å². The Kier molecular flexibility index (Phi) is 2.90. The molecule has 0 N–H and O–H groups in total. The summed E-state index contributed by atoms with van der Waals surface area (Å²) in [5.74, 6) is 0. The van der Waals surface area contributed by atoms with Gasteiger partial charge in [0.2, 0.25) is 0 Å². The van der Waals surface area contributed by atoms with E-state index in [0.717, 1.165) is 10.4 Å². The van der Waals surface area contributed by atoms with Crippen LogP contribution in [0, 0.1) is 0 Å². The summed E-state index contributed by atoms with van der Waals surface area (Å²) < 4.78 is 0. The van der Waals surface area contributed by atoms with Gasteiger partial charge in [-0.25, -0.2) is 0 Å². The van der Waals surface area contributed by atoms with Crippen molar-refractivity contribution in [1.29, 1.82) is 0 Å². The molecule has 4 aromatic rings. The Morgan fingerprint density at radius 2 is 1.33 bits per heavy atom. The first-order valence-electron chi connectivity index (χ1n) is 6.99. The van der Waals surface area contributed by atoms with Gasteiger partial charge in [0.1, 0.15) is 0 Å². The van der Waals surface area contributed by atoms with E-state index in [4.69, 9.17) is 11.6 Å². The fraction of sp³-hybridized carbons (Fsp3) is 0. The van der Waals surface area contributed by atoms with E-state index in [-0.39, 0.29) is 0 Å². The third-order valence-corrected chi connectivity index (χ3v) is 4.26. The predicted molar refractivity (Wildman–Crippen MR) is 91.9 cm³/mol. The minimum atomic E-state index is 0.807. The summed E-state index contributed by atoms with van der Waals surface area (Å²) in [7, 11) is 0. The average Bonchev–Trinajstić information content (AvgIpc) is 2.55. The second kappa shape index (κ2) is 4.91. The minimum Gasteiger partial charge on any atom is -0.0837 e. The van der Waals surface area contributed by atoms with Crippen molar-refractivity contribution in [3.05, 3.63) is 83.9 Å². The number of hydrogen-bond donors (Lipinski definition) is 0. The van der Waals surface area contributed by atoms with E-state index < -0.39 is 0 Å². The first kappa shape index (κ1) is 12.4. The molecule has 0 saturated heterocycles. The van der Waals surface area contributed by atoms with Crippen molar-refractivity contribution >= 4 is 33.1 Å². The molecule has 0 aliphatic rings. The molecule has 100 valence electrons. The molecule has 0 spiro atoms. The topological polar surface area (TPSA) is 0 Å². The second-order valence-electron chi connectivity index (χ2n) is 5.20. The molecule has 0 atom stereocenters. The summed E-state index contributed by atoms with van der Waals surface area (Å²) in [6, 6.07) is 27.4. The van der Waals surface area contributed by atoms with Gasteiger partial charge in [0, 0.05) is 10.4 Å². The highest BCUT2D eigenvalue weighted by molar-refractivity contribution is 6.36.